The van der Waals surface area contributed by atoms with Crippen molar-refractivity contribution < 1.29 is 9.84 Å². The molecular formula is C15H16O2. The van der Waals surface area contributed by atoms with Crippen molar-refractivity contribution in [1.29, 1.82) is 0 Å². The quantitative estimate of drug-likeness (QED) is 0.870. The summed E-state index contributed by atoms with van der Waals surface area (Å²) in [5.41, 5.74) is 3.19. The van der Waals surface area contributed by atoms with E-state index in [0.29, 0.717) is 12.4 Å². The summed E-state index contributed by atoms with van der Waals surface area (Å²) in [6, 6.07) is 13.5. The number of hydrogen-bond acceptors (Lipinski definition) is 2. The lowest BCUT2D eigenvalue weighted by Gasteiger charge is -2.12. The Morgan fingerprint density at radius 1 is 1.00 bits per heavy atom. The Morgan fingerprint density at radius 3 is 2.41 bits per heavy atom. The monoisotopic (exact) mass is 228 g/mol. The number of hydrogen-bond donors (Lipinski definition) is 1. The van der Waals surface area contributed by atoms with Crippen LogP contribution in [0.25, 0.3) is 0 Å². The maximum atomic E-state index is 9.77. The number of rotatable bonds is 3. The summed E-state index contributed by atoms with van der Waals surface area (Å²) in [4.78, 5) is 0. The molecule has 0 atom stereocenters. The smallest absolute Gasteiger partial charge is 0.164 e. The zero-order valence-corrected chi connectivity index (χ0v) is 10.1. The number of aromatic hydroxyl groups is 1. The topological polar surface area (TPSA) is 29.5 Å². The Morgan fingerprint density at radius 2 is 1.71 bits per heavy atom. The molecule has 2 rings (SSSR count). The van der Waals surface area contributed by atoms with Crippen molar-refractivity contribution in [2.24, 2.45) is 0 Å². The molecule has 0 aliphatic rings. The molecule has 0 fully saturated rings. The highest BCUT2D eigenvalue weighted by Gasteiger charge is 2.08. The SMILES string of the molecule is Cc1ccc(O)c(OCc2ccccc2)c1C. The standard InChI is InChI=1S/C15H16O2/c1-11-8-9-14(16)15(12(11)2)17-10-13-6-4-3-5-7-13/h3-9,16H,10H2,1-2H3. The van der Waals surface area contributed by atoms with Crippen molar-refractivity contribution in [3.05, 3.63) is 59.2 Å². The van der Waals surface area contributed by atoms with Gasteiger partial charge in [0.15, 0.2) is 11.5 Å². The molecule has 0 amide bonds. The van der Waals surface area contributed by atoms with Crippen LogP contribution in [0.5, 0.6) is 11.5 Å². The Balaban J connectivity index is 2.17. The van der Waals surface area contributed by atoms with Crippen molar-refractivity contribution >= 4 is 0 Å². The van der Waals surface area contributed by atoms with Crippen LogP contribution in [0.2, 0.25) is 0 Å². The van der Waals surface area contributed by atoms with Crippen LogP contribution >= 0.6 is 0 Å². The van der Waals surface area contributed by atoms with Crippen LogP contribution in [-0.2, 0) is 6.61 Å². The van der Waals surface area contributed by atoms with Crippen LogP contribution in [0.1, 0.15) is 16.7 Å². The molecule has 0 aromatic heterocycles. The first kappa shape index (κ1) is 11.5. The minimum absolute atomic E-state index is 0.198. The van der Waals surface area contributed by atoms with E-state index >= 15 is 0 Å². The van der Waals surface area contributed by atoms with E-state index in [4.69, 9.17) is 4.74 Å². The minimum atomic E-state index is 0.198. The molecule has 0 unspecified atom stereocenters. The zero-order valence-electron chi connectivity index (χ0n) is 10.1. The molecule has 0 bridgehead atoms. The molecule has 1 N–H and O–H groups in total. The largest absolute Gasteiger partial charge is 0.504 e. The van der Waals surface area contributed by atoms with Crippen molar-refractivity contribution in [2.45, 2.75) is 20.5 Å². The average molecular weight is 228 g/mol. The van der Waals surface area contributed by atoms with E-state index in [9.17, 15) is 5.11 Å². The summed E-state index contributed by atoms with van der Waals surface area (Å²) in [6.07, 6.45) is 0. The van der Waals surface area contributed by atoms with Gasteiger partial charge in [-0.2, -0.15) is 0 Å². The second-order valence-corrected chi connectivity index (χ2v) is 4.13. The summed E-state index contributed by atoms with van der Waals surface area (Å²) in [7, 11) is 0. The highest BCUT2D eigenvalue weighted by Crippen LogP contribution is 2.32. The molecule has 2 heteroatoms. The van der Waals surface area contributed by atoms with Crippen molar-refractivity contribution in [3.8, 4) is 11.5 Å². The highest BCUT2D eigenvalue weighted by atomic mass is 16.5. The average Bonchev–Trinajstić information content (AvgIpc) is 2.35. The third kappa shape index (κ3) is 2.59. The number of aryl methyl sites for hydroxylation is 1. The third-order valence-corrected chi connectivity index (χ3v) is 2.88. The van der Waals surface area contributed by atoms with Gasteiger partial charge >= 0.3 is 0 Å². The lowest BCUT2D eigenvalue weighted by molar-refractivity contribution is 0.286. The summed E-state index contributed by atoms with van der Waals surface area (Å²) in [6.45, 7) is 4.43. The van der Waals surface area contributed by atoms with Crippen LogP contribution in [0.3, 0.4) is 0 Å². The van der Waals surface area contributed by atoms with Crippen LogP contribution < -0.4 is 4.74 Å². The summed E-state index contributed by atoms with van der Waals surface area (Å²) < 4.78 is 5.68. The van der Waals surface area contributed by atoms with Crippen LogP contribution in [0.4, 0.5) is 0 Å². The van der Waals surface area contributed by atoms with Gasteiger partial charge in [0.2, 0.25) is 0 Å². The Kier molecular flexibility index (Phi) is 3.33. The molecule has 2 aromatic rings. The van der Waals surface area contributed by atoms with Gasteiger partial charge in [0.1, 0.15) is 6.61 Å². The normalized spacial score (nSPS) is 10.2. The van der Waals surface area contributed by atoms with Crippen LogP contribution in [0, 0.1) is 13.8 Å². The van der Waals surface area contributed by atoms with E-state index in [1.54, 1.807) is 6.07 Å². The second kappa shape index (κ2) is 4.91. The zero-order chi connectivity index (χ0) is 12.3. The molecular weight excluding hydrogens is 212 g/mol. The van der Waals surface area contributed by atoms with Gasteiger partial charge in [0.05, 0.1) is 0 Å². The van der Waals surface area contributed by atoms with Gasteiger partial charge in [-0.25, -0.2) is 0 Å². The Labute approximate surface area is 101 Å². The molecule has 88 valence electrons. The summed E-state index contributed by atoms with van der Waals surface area (Å²) >= 11 is 0. The molecule has 0 aliphatic heterocycles. The molecule has 17 heavy (non-hydrogen) atoms. The van der Waals surface area contributed by atoms with Gasteiger partial charge in [0.25, 0.3) is 0 Å². The molecule has 0 radical (unpaired) electrons. The van der Waals surface area contributed by atoms with Gasteiger partial charge in [-0.3, -0.25) is 0 Å². The van der Waals surface area contributed by atoms with Gasteiger partial charge in [-0.05, 0) is 36.6 Å². The fraction of sp³-hybridized carbons (Fsp3) is 0.200. The van der Waals surface area contributed by atoms with E-state index in [2.05, 4.69) is 0 Å². The van der Waals surface area contributed by atoms with E-state index in [1.165, 1.54) is 0 Å². The van der Waals surface area contributed by atoms with Gasteiger partial charge < -0.3 is 9.84 Å². The second-order valence-electron chi connectivity index (χ2n) is 4.13. The van der Waals surface area contributed by atoms with Crippen molar-refractivity contribution in [2.75, 3.05) is 0 Å². The minimum Gasteiger partial charge on any atom is -0.504 e. The number of ether oxygens (including phenoxy) is 1. The first-order valence-electron chi connectivity index (χ1n) is 5.64. The molecule has 0 aliphatic carbocycles. The van der Waals surface area contributed by atoms with Gasteiger partial charge in [0, 0.05) is 0 Å². The van der Waals surface area contributed by atoms with Crippen LogP contribution in [0.15, 0.2) is 42.5 Å². The van der Waals surface area contributed by atoms with E-state index in [1.807, 2.05) is 50.2 Å². The first-order valence-corrected chi connectivity index (χ1v) is 5.64. The fourth-order valence-corrected chi connectivity index (χ4v) is 1.69. The summed E-state index contributed by atoms with van der Waals surface area (Å²) in [5, 5.41) is 9.77. The predicted molar refractivity (Wildman–Crippen MR) is 68.4 cm³/mol. The van der Waals surface area contributed by atoms with Crippen molar-refractivity contribution in [3.63, 3.8) is 0 Å². The fourth-order valence-electron chi connectivity index (χ4n) is 1.69. The molecule has 0 saturated heterocycles. The Bertz CT molecular complexity index is 504. The summed E-state index contributed by atoms with van der Waals surface area (Å²) in [5.74, 6) is 0.776. The number of phenolic OH excluding ortho intramolecular Hbond substituents is 1. The molecule has 2 aromatic carbocycles. The number of benzene rings is 2. The molecule has 0 spiro atoms. The van der Waals surface area contributed by atoms with E-state index in [-0.39, 0.29) is 5.75 Å². The van der Waals surface area contributed by atoms with E-state index < -0.39 is 0 Å². The predicted octanol–water partition coefficient (Wildman–Crippen LogP) is 3.59. The molecule has 0 heterocycles. The molecule has 2 nitrogen and oxygen atoms in total. The maximum Gasteiger partial charge on any atom is 0.164 e. The Hall–Kier alpha value is -1.96. The number of phenols is 1. The first-order chi connectivity index (χ1) is 8.18. The van der Waals surface area contributed by atoms with Crippen molar-refractivity contribution in [1.82, 2.24) is 0 Å². The van der Waals surface area contributed by atoms with Crippen LogP contribution in [-0.4, -0.2) is 5.11 Å². The third-order valence-electron chi connectivity index (χ3n) is 2.88. The molecule has 0 saturated carbocycles. The van der Waals surface area contributed by atoms with Gasteiger partial charge in [-0.15, -0.1) is 0 Å². The maximum absolute atomic E-state index is 9.77. The van der Waals surface area contributed by atoms with Gasteiger partial charge in [-0.1, -0.05) is 36.4 Å². The lowest BCUT2D eigenvalue weighted by Crippen LogP contribution is -1.98. The highest BCUT2D eigenvalue weighted by molar-refractivity contribution is 5.48. The van der Waals surface area contributed by atoms with E-state index in [0.717, 1.165) is 16.7 Å². The lowest BCUT2D eigenvalue weighted by atomic mass is 10.1.